The lowest BCUT2D eigenvalue weighted by atomic mass is 10.1. The molecule has 5 heteroatoms. The Morgan fingerprint density at radius 3 is 2.47 bits per heavy atom. The summed E-state index contributed by atoms with van der Waals surface area (Å²) in [4.78, 5) is 4.76. The first kappa shape index (κ1) is 11.6. The van der Waals surface area contributed by atoms with Crippen molar-refractivity contribution in [1.82, 2.24) is 5.48 Å². The molecule has 0 unspecified atom stereocenters. The monoisotopic (exact) mass is 212 g/mol. The van der Waals surface area contributed by atoms with Crippen LogP contribution in [0.3, 0.4) is 0 Å². The van der Waals surface area contributed by atoms with Gasteiger partial charge in [-0.2, -0.15) is 10.7 Å². The number of nitrogens with one attached hydrogen (secondary N) is 1. The molecule has 0 aliphatic carbocycles. The second kappa shape index (κ2) is 5.39. The molecule has 1 aromatic rings. The lowest BCUT2D eigenvalue weighted by Crippen LogP contribution is -2.16. The highest BCUT2D eigenvalue weighted by molar-refractivity contribution is 5.34. The maximum absolute atomic E-state index is 13.2. The zero-order valence-corrected chi connectivity index (χ0v) is 8.18. The molecule has 1 rings (SSSR count). The molecule has 0 radical (unpaired) electrons. The lowest BCUT2D eigenvalue weighted by molar-refractivity contribution is 0.0450. The molecule has 0 aromatic heterocycles. The van der Waals surface area contributed by atoms with Crippen LogP contribution in [0.4, 0.5) is 8.78 Å². The fourth-order valence-electron chi connectivity index (χ4n) is 1.06. The summed E-state index contributed by atoms with van der Waals surface area (Å²) in [5.74, 6) is -1.50. The molecule has 3 nitrogen and oxygen atoms in total. The van der Waals surface area contributed by atoms with Crippen molar-refractivity contribution in [3.8, 4) is 6.07 Å². The summed E-state index contributed by atoms with van der Waals surface area (Å²) in [5, 5.41) is 8.47. The van der Waals surface area contributed by atoms with Crippen LogP contribution in [0.15, 0.2) is 12.1 Å². The summed E-state index contributed by atoms with van der Waals surface area (Å²) in [6, 6.07) is 3.66. The van der Waals surface area contributed by atoms with Gasteiger partial charge in [0.05, 0.1) is 24.8 Å². The molecule has 0 saturated carbocycles. The smallest absolute Gasteiger partial charge is 0.132 e. The van der Waals surface area contributed by atoms with Crippen molar-refractivity contribution in [3.05, 3.63) is 34.9 Å². The number of nitrogens with zero attached hydrogens (tertiary/aromatic N) is 1. The average Bonchev–Trinajstić information content (AvgIpc) is 2.22. The number of hydrogen-bond acceptors (Lipinski definition) is 3. The first-order chi connectivity index (χ1) is 7.19. The van der Waals surface area contributed by atoms with Crippen LogP contribution in [0.5, 0.6) is 0 Å². The first-order valence-corrected chi connectivity index (χ1v) is 4.41. The highest BCUT2D eigenvalue weighted by atomic mass is 19.1. The van der Waals surface area contributed by atoms with E-state index < -0.39 is 11.6 Å². The Labute approximate surface area is 86.2 Å². The molecule has 0 aliphatic rings. The summed E-state index contributed by atoms with van der Waals surface area (Å²) in [7, 11) is 0. The molecule has 0 spiro atoms. The zero-order valence-electron chi connectivity index (χ0n) is 8.18. The molecule has 0 atom stereocenters. The Balaban J connectivity index is 2.85. The van der Waals surface area contributed by atoms with E-state index in [2.05, 4.69) is 5.48 Å². The van der Waals surface area contributed by atoms with E-state index in [4.69, 9.17) is 10.1 Å². The van der Waals surface area contributed by atoms with Crippen LogP contribution in [0, 0.1) is 23.0 Å². The third kappa shape index (κ3) is 2.98. The van der Waals surface area contributed by atoms with E-state index in [1.165, 1.54) is 0 Å². The van der Waals surface area contributed by atoms with Gasteiger partial charge in [-0.05, 0) is 19.1 Å². The molecule has 1 aromatic carbocycles. The quantitative estimate of drug-likeness (QED) is 0.612. The minimum absolute atomic E-state index is 0.0369. The third-order valence-electron chi connectivity index (χ3n) is 1.77. The number of nitriles is 1. The molecule has 0 bridgehead atoms. The number of hydroxylamine groups is 1. The van der Waals surface area contributed by atoms with Crippen molar-refractivity contribution in [2.24, 2.45) is 0 Å². The van der Waals surface area contributed by atoms with Crippen LogP contribution >= 0.6 is 0 Å². The predicted molar refractivity (Wildman–Crippen MR) is 49.5 cm³/mol. The molecule has 0 saturated heterocycles. The Morgan fingerprint density at radius 1 is 1.40 bits per heavy atom. The Hall–Kier alpha value is -1.51. The minimum Gasteiger partial charge on any atom is -0.302 e. The average molecular weight is 212 g/mol. The zero-order chi connectivity index (χ0) is 11.3. The molecule has 15 heavy (non-hydrogen) atoms. The lowest BCUT2D eigenvalue weighted by Gasteiger charge is -2.06. The van der Waals surface area contributed by atoms with E-state index in [1.54, 1.807) is 13.0 Å². The summed E-state index contributed by atoms with van der Waals surface area (Å²) in [6.45, 7) is 2.08. The molecular formula is C10H10F2N2O. The highest BCUT2D eigenvalue weighted by Gasteiger charge is 2.10. The molecule has 80 valence electrons. The van der Waals surface area contributed by atoms with Crippen LogP contribution in [0.25, 0.3) is 0 Å². The largest absolute Gasteiger partial charge is 0.302 e. The second-order valence-corrected chi connectivity index (χ2v) is 2.78. The van der Waals surface area contributed by atoms with Crippen molar-refractivity contribution >= 4 is 0 Å². The number of halogens is 2. The van der Waals surface area contributed by atoms with Crippen molar-refractivity contribution in [2.75, 3.05) is 6.61 Å². The van der Waals surface area contributed by atoms with Crippen LogP contribution in [0.2, 0.25) is 0 Å². The number of rotatable bonds is 4. The van der Waals surface area contributed by atoms with Gasteiger partial charge in [0, 0.05) is 5.56 Å². The Kier molecular flexibility index (Phi) is 4.16. The van der Waals surface area contributed by atoms with Crippen molar-refractivity contribution in [1.29, 1.82) is 5.26 Å². The Morgan fingerprint density at radius 2 is 2.00 bits per heavy atom. The van der Waals surface area contributed by atoms with E-state index in [-0.39, 0.29) is 17.7 Å². The molecular weight excluding hydrogens is 202 g/mol. The van der Waals surface area contributed by atoms with Gasteiger partial charge in [-0.25, -0.2) is 8.78 Å². The molecule has 1 N–H and O–H groups in total. The number of benzene rings is 1. The van der Waals surface area contributed by atoms with E-state index >= 15 is 0 Å². The van der Waals surface area contributed by atoms with Crippen LogP contribution < -0.4 is 5.48 Å². The third-order valence-corrected chi connectivity index (χ3v) is 1.77. The van der Waals surface area contributed by atoms with Gasteiger partial charge in [-0.1, -0.05) is 0 Å². The fourth-order valence-corrected chi connectivity index (χ4v) is 1.06. The maximum atomic E-state index is 13.2. The standard InChI is InChI=1S/C10H10F2N2O/c1-2-15-14-6-8-9(11)3-7(5-13)4-10(8)12/h3-4,14H,2,6H2,1H3. The van der Waals surface area contributed by atoms with Gasteiger partial charge < -0.3 is 4.84 Å². The first-order valence-electron chi connectivity index (χ1n) is 4.41. The summed E-state index contributed by atoms with van der Waals surface area (Å²) in [5.41, 5.74) is 2.23. The van der Waals surface area contributed by atoms with Gasteiger partial charge in [0.15, 0.2) is 0 Å². The van der Waals surface area contributed by atoms with E-state index in [9.17, 15) is 8.78 Å². The van der Waals surface area contributed by atoms with Crippen molar-refractivity contribution in [3.63, 3.8) is 0 Å². The summed E-state index contributed by atoms with van der Waals surface area (Å²) >= 11 is 0. The van der Waals surface area contributed by atoms with Gasteiger partial charge in [-0.3, -0.25) is 0 Å². The number of hydrogen-bond donors (Lipinski definition) is 1. The molecule has 0 fully saturated rings. The van der Waals surface area contributed by atoms with Gasteiger partial charge in [0.2, 0.25) is 0 Å². The molecule has 0 aliphatic heterocycles. The van der Waals surface area contributed by atoms with Gasteiger partial charge in [0.25, 0.3) is 0 Å². The van der Waals surface area contributed by atoms with Crippen molar-refractivity contribution in [2.45, 2.75) is 13.5 Å². The van der Waals surface area contributed by atoms with E-state index in [0.29, 0.717) is 6.61 Å². The van der Waals surface area contributed by atoms with Crippen LogP contribution in [0.1, 0.15) is 18.1 Å². The van der Waals surface area contributed by atoms with E-state index in [1.807, 2.05) is 0 Å². The van der Waals surface area contributed by atoms with Crippen LogP contribution in [-0.4, -0.2) is 6.61 Å². The van der Waals surface area contributed by atoms with Crippen LogP contribution in [-0.2, 0) is 11.4 Å². The van der Waals surface area contributed by atoms with Gasteiger partial charge in [-0.15, -0.1) is 0 Å². The SMILES string of the molecule is CCONCc1c(F)cc(C#N)cc1F. The fraction of sp³-hybridized carbons (Fsp3) is 0.300. The van der Waals surface area contributed by atoms with E-state index in [0.717, 1.165) is 12.1 Å². The topological polar surface area (TPSA) is 45.0 Å². The maximum Gasteiger partial charge on any atom is 0.132 e. The van der Waals surface area contributed by atoms with Crippen molar-refractivity contribution < 1.29 is 13.6 Å². The minimum atomic E-state index is -0.751. The highest BCUT2D eigenvalue weighted by Crippen LogP contribution is 2.14. The normalized spacial score (nSPS) is 10.0. The molecule has 0 heterocycles. The summed E-state index contributed by atoms with van der Waals surface area (Å²) < 4.78 is 26.5. The predicted octanol–water partition coefficient (Wildman–Crippen LogP) is 1.88. The van der Waals surface area contributed by atoms with Gasteiger partial charge >= 0.3 is 0 Å². The Bertz CT molecular complexity index is 364. The summed E-state index contributed by atoms with van der Waals surface area (Å²) in [6.07, 6.45) is 0. The second-order valence-electron chi connectivity index (χ2n) is 2.78. The molecule has 0 amide bonds. The van der Waals surface area contributed by atoms with Gasteiger partial charge in [0.1, 0.15) is 11.6 Å².